The fourth-order valence-electron chi connectivity index (χ4n) is 2.24. The molecule has 0 amide bonds. The maximum atomic E-state index is 12.0. The Kier molecular flexibility index (Phi) is 5.56. The lowest BCUT2D eigenvalue weighted by atomic mass is 10.1. The SMILES string of the molecule is Cc1cnn(CCN[C@@H](C)c2ccc(S(=O)(=O)N(C)C)cc2)c1. The molecule has 0 aliphatic carbocycles. The summed E-state index contributed by atoms with van der Waals surface area (Å²) in [6.45, 7) is 5.66. The van der Waals surface area contributed by atoms with Crippen LogP contribution in [0.4, 0.5) is 0 Å². The molecule has 0 saturated carbocycles. The Morgan fingerprint density at radius 2 is 1.91 bits per heavy atom. The molecule has 0 saturated heterocycles. The van der Waals surface area contributed by atoms with Crippen LogP contribution in [-0.4, -0.2) is 43.1 Å². The van der Waals surface area contributed by atoms with E-state index in [2.05, 4.69) is 17.3 Å². The summed E-state index contributed by atoms with van der Waals surface area (Å²) in [5, 5.41) is 7.66. The monoisotopic (exact) mass is 336 g/mol. The average Bonchev–Trinajstić information content (AvgIpc) is 2.92. The largest absolute Gasteiger partial charge is 0.308 e. The van der Waals surface area contributed by atoms with Gasteiger partial charge in [0, 0.05) is 32.9 Å². The zero-order chi connectivity index (χ0) is 17.0. The Hall–Kier alpha value is -1.70. The molecule has 0 spiro atoms. The molecule has 126 valence electrons. The van der Waals surface area contributed by atoms with Gasteiger partial charge in [0.25, 0.3) is 0 Å². The van der Waals surface area contributed by atoms with Crippen LogP contribution in [0.3, 0.4) is 0 Å². The molecule has 23 heavy (non-hydrogen) atoms. The normalized spacial score (nSPS) is 13.4. The van der Waals surface area contributed by atoms with Crippen LogP contribution in [0.15, 0.2) is 41.6 Å². The number of benzene rings is 1. The summed E-state index contributed by atoms with van der Waals surface area (Å²) < 4.78 is 27.2. The lowest BCUT2D eigenvalue weighted by Gasteiger charge is -2.16. The highest BCUT2D eigenvalue weighted by molar-refractivity contribution is 7.89. The first-order valence-corrected chi connectivity index (χ1v) is 8.99. The molecule has 6 nitrogen and oxygen atoms in total. The number of sulfonamides is 1. The van der Waals surface area contributed by atoms with E-state index in [1.807, 2.05) is 36.1 Å². The van der Waals surface area contributed by atoms with Crippen LogP contribution in [0.1, 0.15) is 24.1 Å². The third kappa shape index (κ3) is 4.40. The maximum absolute atomic E-state index is 12.0. The second-order valence-electron chi connectivity index (χ2n) is 5.81. The number of aryl methyl sites for hydroxylation is 1. The molecule has 0 radical (unpaired) electrons. The molecule has 0 aliphatic rings. The molecule has 7 heteroatoms. The molecule has 1 aromatic carbocycles. The number of nitrogens with one attached hydrogen (secondary N) is 1. The standard InChI is InChI=1S/C16H24N4O2S/c1-13-11-18-20(12-13)10-9-17-14(2)15-5-7-16(8-6-15)23(21,22)19(3)4/h5-8,11-12,14,17H,9-10H2,1-4H3/t14-/m0/s1. The minimum atomic E-state index is -3.37. The zero-order valence-electron chi connectivity index (χ0n) is 14.0. The van der Waals surface area contributed by atoms with E-state index in [1.54, 1.807) is 12.1 Å². The van der Waals surface area contributed by atoms with Gasteiger partial charge in [0.05, 0.1) is 17.6 Å². The Morgan fingerprint density at radius 1 is 1.26 bits per heavy atom. The fourth-order valence-corrected chi connectivity index (χ4v) is 3.14. The van der Waals surface area contributed by atoms with E-state index in [9.17, 15) is 8.42 Å². The third-order valence-corrected chi connectivity index (χ3v) is 5.54. The fraction of sp³-hybridized carbons (Fsp3) is 0.438. The summed E-state index contributed by atoms with van der Waals surface area (Å²) in [6.07, 6.45) is 3.85. The molecule has 0 unspecified atom stereocenters. The number of hydrogen-bond acceptors (Lipinski definition) is 4. The van der Waals surface area contributed by atoms with Crippen molar-refractivity contribution in [2.45, 2.75) is 31.3 Å². The highest BCUT2D eigenvalue weighted by Gasteiger charge is 2.17. The Balaban J connectivity index is 1.93. The van der Waals surface area contributed by atoms with Crippen molar-refractivity contribution < 1.29 is 8.42 Å². The molecule has 0 fully saturated rings. The van der Waals surface area contributed by atoms with Gasteiger partial charge < -0.3 is 5.32 Å². The van der Waals surface area contributed by atoms with E-state index in [0.717, 1.165) is 24.2 Å². The first-order chi connectivity index (χ1) is 10.8. The summed E-state index contributed by atoms with van der Waals surface area (Å²) in [5.74, 6) is 0. The first-order valence-electron chi connectivity index (χ1n) is 7.55. The van der Waals surface area contributed by atoms with Crippen molar-refractivity contribution in [1.29, 1.82) is 0 Å². The average molecular weight is 336 g/mol. The van der Waals surface area contributed by atoms with Crippen molar-refractivity contribution >= 4 is 10.0 Å². The summed E-state index contributed by atoms with van der Waals surface area (Å²) >= 11 is 0. The lowest BCUT2D eigenvalue weighted by Crippen LogP contribution is -2.24. The predicted octanol–water partition coefficient (Wildman–Crippen LogP) is 1.79. The molecule has 0 bridgehead atoms. The quantitative estimate of drug-likeness (QED) is 0.837. The van der Waals surface area contributed by atoms with Crippen molar-refractivity contribution in [3.05, 3.63) is 47.8 Å². The van der Waals surface area contributed by atoms with Crippen LogP contribution in [0.25, 0.3) is 0 Å². The Labute approximate surface area is 138 Å². The van der Waals surface area contributed by atoms with Crippen molar-refractivity contribution in [3.63, 3.8) is 0 Å². The van der Waals surface area contributed by atoms with E-state index in [4.69, 9.17) is 0 Å². The second kappa shape index (κ2) is 7.25. The van der Waals surface area contributed by atoms with Gasteiger partial charge in [-0.2, -0.15) is 5.10 Å². The van der Waals surface area contributed by atoms with Crippen LogP contribution < -0.4 is 5.32 Å². The molecule has 2 aromatic rings. The van der Waals surface area contributed by atoms with E-state index < -0.39 is 10.0 Å². The van der Waals surface area contributed by atoms with Gasteiger partial charge >= 0.3 is 0 Å². The van der Waals surface area contributed by atoms with Gasteiger partial charge in [0.15, 0.2) is 0 Å². The van der Waals surface area contributed by atoms with Crippen molar-refractivity contribution in [2.24, 2.45) is 0 Å². The van der Waals surface area contributed by atoms with Gasteiger partial charge in [-0.25, -0.2) is 12.7 Å². The van der Waals surface area contributed by atoms with Crippen molar-refractivity contribution in [2.75, 3.05) is 20.6 Å². The first kappa shape index (κ1) is 17.7. The van der Waals surface area contributed by atoms with Crippen LogP contribution in [-0.2, 0) is 16.6 Å². The van der Waals surface area contributed by atoms with Gasteiger partial charge in [-0.05, 0) is 37.1 Å². The summed E-state index contributed by atoms with van der Waals surface area (Å²) in [6, 6.07) is 7.15. The third-order valence-electron chi connectivity index (χ3n) is 3.71. The van der Waals surface area contributed by atoms with Gasteiger partial charge in [-0.15, -0.1) is 0 Å². The smallest absolute Gasteiger partial charge is 0.242 e. The lowest BCUT2D eigenvalue weighted by molar-refractivity contribution is 0.506. The van der Waals surface area contributed by atoms with E-state index in [1.165, 1.54) is 18.4 Å². The van der Waals surface area contributed by atoms with Crippen LogP contribution >= 0.6 is 0 Å². The molecule has 1 atom stereocenters. The van der Waals surface area contributed by atoms with Gasteiger partial charge in [0.1, 0.15) is 0 Å². The molecule has 1 aromatic heterocycles. The van der Waals surface area contributed by atoms with Crippen LogP contribution in [0.5, 0.6) is 0 Å². The number of aromatic nitrogens is 2. The Morgan fingerprint density at radius 3 is 2.43 bits per heavy atom. The number of rotatable bonds is 7. The van der Waals surface area contributed by atoms with Crippen molar-refractivity contribution in [3.8, 4) is 0 Å². The molecule has 0 aliphatic heterocycles. The molecular weight excluding hydrogens is 312 g/mol. The van der Waals surface area contributed by atoms with E-state index >= 15 is 0 Å². The molecule has 2 rings (SSSR count). The minimum Gasteiger partial charge on any atom is -0.308 e. The zero-order valence-corrected chi connectivity index (χ0v) is 14.8. The van der Waals surface area contributed by atoms with Crippen molar-refractivity contribution in [1.82, 2.24) is 19.4 Å². The summed E-state index contributed by atoms with van der Waals surface area (Å²) in [5.41, 5.74) is 2.20. The number of nitrogens with zero attached hydrogens (tertiary/aromatic N) is 3. The molecular formula is C16H24N4O2S. The number of hydrogen-bond donors (Lipinski definition) is 1. The highest BCUT2D eigenvalue weighted by atomic mass is 32.2. The van der Waals surface area contributed by atoms with E-state index in [-0.39, 0.29) is 6.04 Å². The summed E-state index contributed by atoms with van der Waals surface area (Å²) in [4.78, 5) is 0.311. The van der Waals surface area contributed by atoms with Crippen LogP contribution in [0, 0.1) is 6.92 Å². The second-order valence-corrected chi connectivity index (χ2v) is 7.96. The van der Waals surface area contributed by atoms with Gasteiger partial charge in [0.2, 0.25) is 10.0 Å². The minimum absolute atomic E-state index is 0.141. The predicted molar refractivity (Wildman–Crippen MR) is 90.7 cm³/mol. The van der Waals surface area contributed by atoms with E-state index in [0.29, 0.717) is 4.90 Å². The Bertz CT molecular complexity index is 736. The topological polar surface area (TPSA) is 67.2 Å². The highest BCUT2D eigenvalue weighted by Crippen LogP contribution is 2.18. The van der Waals surface area contributed by atoms with Gasteiger partial charge in [-0.3, -0.25) is 4.68 Å². The summed E-state index contributed by atoms with van der Waals surface area (Å²) in [7, 11) is -0.304. The van der Waals surface area contributed by atoms with Gasteiger partial charge in [-0.1, -0.05) is 12.1 Å². The van der Waals surface area contributed by atoms with Crippen LogP contribution in [0.2, 0.25) is 0 Å². The molecule has 1 heterocycles. The molecule has 1 N–H and O–H groups in total. The maximum Gasteiger partial charge on any atom is 0.242 e.